The number of nitrogens with zero attached hydrogens (tertiary/aromatic N) is 4. The van der Waals surface area contributed by atoms with Crippen LogP contribution in [0.2, 0.25) is 0 Å². The summed E-state index contributed by atoms with van der Waals surface area (Å²) in [4.78, 5) is 17.0. The first-order chi connectivity index (χ1) is 26.7. The molecule has 0 saturated heterocycles. The van der Waals surface area contributed by atoms with Crippen LogP contribution in [-0.4, -0.2) is 15.0 Å². The van der Waals surface area contributed by atoms with Gasteiger partial charge in [0.2, 0.25) is 0 Å². The molecular weight excluding hydrogens is 661 g/mol. The van der Waals surface area contributed by atoms with Crippen LogP contribution in [0.1, 0.15) is 0 Å². The number of hydrogen-bond donors (Lipinski definition) is 0. The second-order valence-electron chi connectivity index (χ2n) is 13.3. The number of para-hydroxylation sites is 1. The maximum absolute atomic E-state index is 6.44. The Labute approximate surface area is 312 Å². The smallest absolute Gasteiger partial charge is 0.164 e. The highest BCUT2D eigenvalue weighted by Crippen LogP contribution is 2.39. The predicted octanol–water partition coefficient (Wildman–Crippen LogP) is 13.1. The molecule has 54 heavy (non-hydrogen) atoms. The SMILES string of the molecule is c1ccc(-c2nc(-c3ccccc3)nc(-c3ccc4c(c3)oc3ccc(-c5ccc(N(c6ccccc6)c6ccc7ccccc7c6)cc5)cc34)n2)cc1. The van der Waals surface area contributed by atoms with Gasteiger partial charge >= 0.3 is 0 Å². The van der Waals surface area contributed by atoms with Crippen LogP contribution in [0, 0.1) is 0 Å². The monoisotopic (exact) mass is 692 g/mol. The van der Waals surface area contributed by atoms with Crippen molar-refractivity contribution < 1.29 is 4.42 Å². The van der Waals surface area contributed by atoms with E-state index in [9.17, 15) is 0 Å². The molecule has 0 aliphatic heterocycles. The van der Waals surface area contributed by atoms with Crippen LogP contribution in [0.3, 0.4) is 0 Å². The average Bonchev–Trinajstić information content (AvgIpc) is 3.62. The van der Waals surface area contributed by atoms with Gasteiger partial charge in [-0.3, -0.25) is 0 Å². The van der Waals surface area contributed by atoms with Crippen molar-refractivity contribution in [3.8, 4) is 45.3 Å². The van der Waals surface area contributed by atoms with E-state index >= 15 is 0 Å². The van der Waals surface area contributed by atoms with Gasteiger partial charge in [0.1, 0.15) is 11.2 Å². The number of anilines is 3. The van der Waals surface area contributed by atoms with Crippen LogP contribution >= 0.6 is 0 Å². The first kappa shape index (κ1) is 31.4. The molecule has 0 bridgehead atoms. The van der Waals surface area contributed by atoms with Crippen LogP contribution in [0.25, 0.3) is 78.0 Å². The van der Waals surface area contributed by atoms with Gasteiger partial charge in [0.15, 0.2) is 17.5 Å². The Hall–Kier alpha value is -7.37. The molecule has 5 heteroatoms. The molecule has 0 fully saturated rings. The molecule has 0 atom stereocenters. The Morgan fingerprint density at radius 3 is 1.54 bits per heavy atom. The second kappa shape index (κ2) is 13.3. The molecular formula is C49H32N4O. The van der Waals surface area contributed by atoms with Gasteiger partial charge in [0.25, 0.3) is 0 Å². The van der Waals surface area contributed by atoms with Gasteiger partial charge < -0.3 is 9.32 Å². The summed E-state index contributed by atoms with van der Waals surface area (Å²) in [6, 6.07) is 67.1. The van der Waals surface area contributed by atoms with Gasteiger partial charge in [0.05, 0.1) is 0 Å². The molecule has 5 nitrogen and oxygen atoms in total. The van der Waals surface area contributed by atoms with E-state index < -0.39 is 0 Å². The molecule has 2 heterocycles. The van der Waals surface area contributed by atoms with E-state index in [0.717, 1.165) is 66.8 Å². The van der Waals surface area contributed by atoms with Crippen molar-refractivity contribution in [1.82, 2.24) is 15.0 Å². The molecule has 0 N–H and O–H groups in total. The quantitative estimate of drug-likeness (QED) is 0.166. The maximum Gasteiger partial charge on any atom is 0.164 e. The van der Waals surface area contributed by atoms with Gasteiger partial charge in [-0.05, 0) is 82.6 Å². The van der Waals surface area contributed by atoms with Crippen LogP contribution in [0.5, 0.6) is 0 Å². The summed E-state index contributed by atoms with van der Waals surface area (Å²) in [6.07, 6.45) is 0. The number of aromatic nitrogens is 3. The van der Waals surface area contributed by atoms with Gasteiger partial charge in [-0.15, -0.1) is 0 Å². The highest BCUT2D eigenvalue weighted by molar-refractivity contribution is 6.07. The Kier molecular flexibility index (Phi) is 7.73. The fourth-order valence-electron chi connectivity index (χ4n) is 7.18. The minimum Gasteiger partial charge on any atom is -0.456 e. The van der Waals surface area contributed by atoms with Crippen molar-refractivity contribution >= 4 is 49.8 Å². The summed E-state index contributed by atoms with van der Waals surface area (Å²) in [7, 11) is 0. The Morgan fingerprint density at radius 1 is 0.315 bits per heavy atom. The van der Waals surface area contributed by atoms with Crippen LogP contribution in [-0.2, 0) is 0 Å². The second-order valence-corrected chi connectivity index (χ2v) is 13.3. The fourth-order valence-corrected chi connectivity index (χ4v) is 7.18. The fraction of sp³-hybridized carbons (Fsp3) is 0. The van der Waals surface area contributed by atoms with Gasteiger partial charge in [-0.1, -0.05) is 133 Å². The van der Waals surface area contributed by atoms with E-state index in [1.807, 2.05) is 66.7 Å². The van der Waals surface area contributed by atoms with Gasteiger partial charge in [-0.25, -0.2) is 15.0 Å². The van der Waals surface area contributed by atoms with Crippen molar-refractivity contribution in [1.29, 1.82) is 0 Å². The lowest BCUT2D eigenvalue weighted by atomic mass is 10.0. The van der Waals surface area contributed by atoms with E-state index in [1.54, 1.807) is 0 Å². The van der Waals surface area contributed by atoms with E-state index in [2.05, 4.69) is 132 Å². The molecule has 0 aliphatic rings. The lowest BCUT2D eigenvalue weighted by molar-refractivity contribution is 0.669. The zero-order valence-electron chi connectivity index (χ0n) is 29.2. The molecule has 0 amide bonds. The maximum atomic E-state index is 6.44. The number of furan rings is 1. The zero-order valence-corrected chi connectivity index (χ0v) is 29.2. The van der Waals surface area contributed by atoms with E-state index in [0.29, 0.717) is 17.5 Å². The third kappa shape index (κ3) is 5.84. The molecule has 2 aromatic heterocycles. The first-order valence-corrected chi connectivity index (χ1v) is 18.0. The normalized spacial score (nSPS) is 11.3. The van der Waals surface area contributed by atoms with Gasteiger partial charge in [-0.2, -0.15) is 0 Å². The topological polar surface area (TPSA) is 55.1 Å². The molecule has 8 aromatic carbocycles. The minimum atomic E-state index is 0.596. The number of hydrogen-bond acceptors (Lipinski definition) is 5. The van der Waals surface area contributed by atoms with E-state index in [4.69, 9.17) is 19.4 Å². The van der Waals surface area contributed by atoms with Crippen molar-refractivity contribution in [3.05, 3.63) is 194 Å². The summed E-state index contributed by atoms with van der Waals surface area (Å²) < 4.78 is 6.44. The molecule has 0 saturated carbocycles. The highest BCUT2D eigenvalue weighted by Gasteiger charge is 2.16. The van der Waals surface area contributed by atoms with Crippen molar-refractivity contribution in [3.63, 3.8) is 0 Å². The molecule has 0 aliphatic carbocycles. The summed E-state index contributed by atoms with van der Waals surface area (Å²) >= 11 is 0. The number of fused-ring (bicyclic) bond motifs is 4. The Balaban J connectivity index is 1.00. The van der Waals surface area contributed by atoms with Crippen LogP contribution in [0.4, 0.5) is 17.1 Å². The van der Waals surface area contributed by atoms with Crippen LogP contribution < -0.4 is 4.90 Å². The standard InChI is InChI=1S/C49H32N4O/c1-4-13-35(14-5-1)47-50-48(36-15-6-2-7-16-36)52-49(51-47)39-23-28-43-44-31-38(24-29-45(44)54-46(43)32-39)34-20-25-41(26-21-34)53(40-18-8-3-9-19-40)42-27-22-33-12-10-11-17-37(33)30-42/h1-32H. The zero-order chi connectivity index (χ0) is 35.8. The lowest BCUT2D eigenvalue weighted by Gasteiger charge is -2.26. The average molecular weight is 693 g/mol. The Bertz CT molecular complexity index is 2870. The molecule has 0 radical (unpaired) electrons. The number of rotatable bonds is 7. The molecule has 254 valence electrons. The minimum absolute atomic E-state index is 0.596. The van der Waals surface area contributed by atoms with Crippen molar-refractivity contribution in [2.24, 2.45) is 0 Å². The first-order valence-electron chi connectivity index (χ1n) is 18.0. The van der Waals surface area contributed by atoms with E-state index in [-0.39, 0.29) is 0 Å². The lowest BCUT2D eigenvalue weighted by Crippen LogP contribution is -2.09. The van der Waals surface area contributed by atoms with E-state index in [1.165, 1.54) is 10.8 Å². The summed E-state index contributed by atoms with van der Waals surface area (Å²) in [5, 5.41) is 4.54. The molecule has 10 aromatic rings. The highest BCUT2D eigenvalue weighted by atomic mass is 16.3. The summed E-state index contributed by atoms with van der Waals surface area (Å²) in [5.74, 6) is 1.85. The predicted molar refractivity (Wildman–Crippen MR) is 221 cm³/mol. The summed E-state index contributed by atoms with van der Waals surface area (Å²) in [6.45, 7) is 0. The number of benzene rings is 8. The summed E-state index contributed by atoms with van der Waals surface area (Å²) in [5.41, 5.74) is 9.91. The molecule has 10 rings (SSSR count). The third-order valence-electron chi connectivity index (χ3n) is 9.89. The third-order valence-corrected chi connectivity index (χ3v) is 9.89. The van der Waals surface area contributed by atoms with Gasteiger partial charge in [0, 0.05) is 44.5 Å². The van der Waals surface area contributed by atoms with Crippen LogP contribution in [0.15, 0.2) is 199 Å². The van der Waals surface area contributed by atoms with Crippen molar-refractivity contribution in [2.45, 2.75) is 0 Å². The Morgan fingerprint density at radius 2 is 0.852 bits per heavy atom. The van der Waals surface area contributed by atoms with Crippen molar-refractivity contribution in [2.75, 3.05) is 4.90 Å². The molecule has 0 unspecified atom stereocenters. The molecule has 0 spiro atoms. The largest absolute Gasteiger partial charge is 0.456 e.